The summed E-state index contributed by atoms with van der Waals surface area (Å²) in [6, 6.07) is 0. The van der Waals surface area contributed by atoms with Crippen LogP contribution in [0.5, 0.6) is 0 Å². The zero-order chi connectivity index (χ0) is 55.5. The van der Waals surface area contributed by atoms with Gasteiger partial charge in [0.1, 0.15) is 33.6 Å². The molecule has 0 spiro atoms. The van der Waals surface area contributed by atoms with E-state index in [4.69, 9.17) is 45.0 Å². The summed E-state index contributed by atoms with van der Waals surface area (Å²) in [6.45, 7) is 32.7. The fourth-order valence-corrected chi connectivity index (χ4v) is 7.04. The highest BCUT2D eigenvalue weighted by atomic mass is 35.5. The molecule has 3 rings (SSSR count). The number of carbonyl (C=O) groups is 6. The number of hydrogen-bond donors (Lipinski definition) is 0. The van der Waals surface area contributed by atoms with Crippen molar-refractivity contribution >= 4 is 60.1 Å². The van der Waals surface area contributed by atoms with Crippen LogP contribution in [-0.4, -0.2) is 219 Å². The number of carbonyl (C=O) groups excluding carboxylic acids is 6. The van der Waals surface area contributed by atoms with Crippen LogP contribution in [0.4, 0.5) is 40.7 Å². The van der Waals surface area contributed by atoms with Crippen LogP contribution < -0.4 is 9.80 Å². The van der Waals surface area contributed by atoms with Crippen molar-refractivity contribution in [2.24, 2.45) is 0 Å². The van der Waals surface area contributed by atoms with Gasteiger partial charge < -0.3 is 67.6 Å². The van der Waals surface area contributed by atoms with Crippen LogP contribution in [0.2, 0.25) is 5.28 Å². The summed E-state index contributed by atoms with van der Waals surface area (Å²) in [5.41, 5.74) is -4.99. The SMILES string of the molecule is CC(C)(C)OC(=O)N1CCN(C(=O)OC(C)(C)C)CCN(c2nc(Cl)nc(N3CCN(C(=O)OC(C)(C)C)CCN(C(=O)OC(C)(C)C)CCN(C(=O)OC(C)(C)C)CC3)n2)CCN(C(=O)OC(C)(C)C)CC1. The van der Waals surface area contributed by atoms with Gasteiger partial charge in [-0.2, -0.15) is 15.0 Å². The summed E-state index contributed by atoms with van der Waals surface area (Å²) < 4.78 is 34.8. The third kappa shape index (κ3) is 23.5. The van der Waals surface area contributed by atoms with Crippen molar-refractivity contribution in [3.8, 4) is 0 Å². The van der Waals surface area contributed by atoms with Gasteiger partial charge in [-0.25, -0.2) is 28.8 Å². The van der Waals surface area contributed by atoms with E-state index in [9.17, 15) is 28.8 Å². The highest BCUT2D eigenvalue weighted by Crippen LogP contribution is 2.22. The van der Waals surface area contributed by atoms with Crippen LogP contribution in [-0.2, 0) is 28.4 Å². The van der Waals surface area contributed by atoms with Gasteiger partial charge in [-0.05, 0) is 136 Å². The van der Waals surface area contributed by atoms with Crippen LogP contribution in [0.15, 0.2) is 0 Å². The number of aromatic nitrogens is 3. The van der Waals surface area contributed by atoms with Crippen LogP contribution in [0.3, 0.4) is 0 Å². The molecular formula is C49H86ClN11O12. The number of anilines is 2. The van der Waals surface area contributed by atoms with Crippen LogP contribution >= 0.6 is 11.6 Å². The van der Waals surface area contributed by atoms with E-state index in [2.05, 4.69) is 9.97 Å². The lowest BCUT2D eigenvalue weighted by Gasteiger charge is -2.36. The number of halogens is 1. The number of hydrogen-bond acceptors (Lipinski definition) is 17. The molecule has 0 unspecified atom stereocenters. The van der Waals surface area contributed by atoms with Crippen LogP contribution in [0.1, 0.15) is 125 Å². The van der Waals surface area contributed by atoms with E-state index in [1.165, 1.54) is 29.4 Å². The van der Waals surface area contributed by atoms with E-state index < -0.39 is 70.2 Å². The highest BCUT2D eigenvalue weighted by Gasteiger charge is 2.33. The van der Waals surface area contributed by atoms with E-state index in [1.54, 1.807) is 134 Å². The summed E-state index contributed by atoms with van der Waals surface area (Å²) in [6.07, 6.45) is -3.68. The average Bonchev–Trinajstić information content (AvgIpc) is 3.17. The molecule has 24 heteroatoms. The lowest BCUT2D eigenvalue weighted by molar-refractivity contribution is 0.00797. The Morgan fingerprint density at radius 3 is 0.603 bits per heavy atom. The maximum absolute atomic E-state index is 13.8. The minimum absolute atomic E-state index is 0.0449. The van der Waals surface area contributed by atoms with E-state index in [1.807, 2.05) is 0 Å². The predicted octanol–water partition coefficient (Wildman–Crippen LogP) is 7.59. The Morgan fingerprint density at radius 2 is 0.452 bits per heavy atom. The van der Waals surface area contributed by atoms with Crippen molar-refractivity contribution in [3.63, 3.8) is 0 Å². The highest BCUT2D eigenvalue weighted by molar-refractivity contribution is 6.28. The normalized spacial score (nSPS) is 17.3. The first-order valence-corrected chi connectivity index (χ1v) is 25.4. The van der Waals surface area contributed by atoms with Gasteiger partial charge >= 0.3 is 36.6 Å². The first-order valence-electron chi connectivity index (χ1n) is 25.1. The molecule has 0 aliphatic carbocycles. The lowest BCUT2D eigenvalue weighted by Crippen LogP contribution is -2.52. The summed E-state index contributed by atoms with van der Waals surface area (Å²) in [7, 11) is 0. The van der Waals surface area contributed by atoms with Gasteiger partial charge in [0.2, 0.25) is 17.2 Å². The third-order valence-electron chi connectivity index (χ3n) is 10.2. The van der Waals surface area contributed by atoms with E-state index in [0.29, 0.717) is 0 Å². The molecule has 6 amide bonds. The van der Waals surface area contributed by atoms with Crippen LogP contribution in [0, 0.1) is 0 Å². The number of amides is 6. The Bertz CT molecular complexity index is 1810. The molecule has 2 fully saturated rings. The zero-order valence-corrected chi connectivity index (χ0v) is 47.8. The molecule has 23 nitrogen and oxygen atoms in total. The first kappa shape index (κ1) is 61.8. The average molecular weight is 1060 g/mol. The lowest BCUT2D eigenvalue weighted by atomic mass is 10.2. The second kappa shape index (κ2) is 25.2. The summed E-state index contributed by atoms with van der Waals surface area (Å²) in [5, 5.41) is -0.181. The van der Waals surface area contributed by atoms with Gasteiger partial charge in [-0.1, -0.05) is 0 Å². The van der Waals surface area contributed by atoms with Gasteiger partial charge in [0.05, 0.1) is 0 Å². The van der Waals surface area contributed by atoms with E-state index in [0.717, 1.165) is 0 Å². The molecule has 2 saturated heterocycles. The standard InChI is InChI=1S/C49H86ClN11O12/c1-44(2,3)68-38(62)56-23-19-54(20-24-57(39(63)69-45(4,5)6)28-32-60(31-27-56)42(66)72-48(13,14)15)36-51-35(50)52-37(53-36)55-21-25-58(40(64)70-46(7,8)9)29-33-61(43(67)73-49(16,17)18)34-30-59(26-22-55)41(65)71-47(10,11)12/h19-34H2,1-18H3. The second-order valence-electron chi connectivity index (χ2n) is 24.0. The summed E-state index contributed by atoms with van der Waals surface area (Å²) in [5.74, 6) is 0.200. The summed E-state index contributed by atoms with van der Waals surface area (Å²) >= 11 is 6.78. The van der Waals surface area contributed by atoms with Crippen molar-refractivity contribution in [2.75, 3.05) is 115 Å². The van der Waals surface area contributed by atoms with Crippen molar-refractivity contribution < 1.29 is 57.2 Å². The molecule has 0 atom stereocenters. The topological polar surface area (TPSA) is 222 Å². The molecule has 0 bridgehead atoms. The maximum Gasteiger partial charge on any atom is 0.410 e. The maximum atomic E-state index is 13.8. The second-order valence-corrected chi connectivity index (χ2v) is 24.3. The quantitative estimate of drug-likeness (QED) is 0.260. The zero-order valence-electron chi connectivity index (χ0n) is 47.0. The van der Waals surface area contributed by atoms with Gasteiger partial charge in [0, 0.05) is 105 Å². The molecule has 0 radical (unpaired) electrons. The van der Waals surface area contributed by atoms with Crippen molar-refractivity contribution in [2.45, 2.75) is 158 Å². The van der Waals surface area contributed by atoms with E-state index in [-0.39, 0.29) is 122 Å². The third-order valence-corrected chi connectivity index (χ3v) is 10.3. The first-order chi connectivity index (χ1) is 33.3. The minimum Gasteiger partial charge on any atom is -0.444 e. The van der Waals surface area contributed by atoms with Gasteiger partial charge in [-0.15, -0.1) is 0 Å². The molecule has 416 valence electrons. The molecule has 3 heterocycles. The Morgan fingerprint density at radius 1 is 0.301 bits per heavy atom. The molecule has 1 aromatic rings. The smallest absolute Gasteiger partial charge is 0.410 e. The molecule has 2 aliphatic rings. The molecule has 0 N–H and O–H groups in total. The van der Waals surface area contributed by atoms with E-state index >= 15 is 0 Å². The summed E-state index contributed by atoms with van der Waals surface area (Å²) in [4.78, 5) is 109. The monoisotopic (exact) mass is 1060 g/mol. The molecule has 1 aromatic heterocycles. The number of ether oxygens (including phenoxy) is 6. The number of rotatable bonds is 2. The Hall–Kier alpha value is -5.48. The van der Waals surface area contributed by atoms with Crippen molar-refractivity contribution in [3.05, 3.63) is 5.28 Å². The van der Waals surface area contributed by atoms with Gasteiger partial charge in [-0.3, -0.25) is 0 Å². The minimum atomic E-state index is -0.840. The van der Waals surface area contributed by atoms with Crippen LogP contribution in [0.25, 0.3) is 0 Å². The van der Waals surface area contributed by atoms with Gasteiger partial charge in [0.25, 0.3) is 0 Å². The molecule has 0 saturated carbocycles. The molecule has 73 heavy (non-hydrogen) atoms. The number of nitrogens with zero attached hydrogens (tertiary/aromatic N) is 11. The molecular weight excluding hydrogens is 970 g/mol. The fourth-order valence-electron chi connectivity index (χ4n) is 6.89. The molecule has 0 aromatic carbocycles. The fraction of sp³-hybridized carbons (Fsp3) is 0.816. The molecule has 2 aliphatic heterocycles. The Labute approximate surface area is 438 Å². The predicted molar refractivity (Wildman–Crippen MR) is 276 cm³/mol. The van der Waals surface area contributed by atoms with Gasteiger partial charge in [0.15, 0.2) is 0 Å². The van der Waals surface area contributed by atoms with Crippen molar-refractivity contribution in [1.82, 2.24) is 44.4 Å². The largest absolute Gasteiger partial charge is 0.444 e. The Balaban J connectivity index is 2.17. The Kier molecular flexibility index (Phi) is 21.3. The van der Waals surface area contributed by atoms with Crippen molar-refractivity contribution in [1.29, 1.82) is 0 Å².